The van der Waals surface area contributed by atoms with Crippen molar-refractivity contribution in [3.05, 3.63) is 0 Å². The van der Waals surface area contributed by atoms with Crippen LogP contribution in [0.25, 0.3) is 0 Å². The summed E-state index contributed by atoms with van der Waals surface area (Å²) < 4.78 is 9.92. The van der Waals surface area contributed by atoms with E-state index in [1.807, 2.05) is 0 Å². The summed E-state index contributed by atoms with van der Waals surface area (Å²) in [5.41, 5.74) is 0. The molecule has 0 aliphatic carbocycles. The molecule has 1 saturated heterocycles. The molecular weight excluding hydrogens is 134 g/mol. The predicted octanol–water partition coefficient (Wildman–Crippen LogP) is 0.0704. The van der Waals surface area contributed by atoms with Gasteiger partial charge in [-0.2, -0.15) is 5.06 Å². The van der Waals surface area contributed by atoms with E-state index >= 15 is 0 Å². The lowest BCUT2D eigenvalue weighted by molar-refractivity contribution is -0.103. The highest BCUT2D eigenvalue weighted by molar-refractivity contribution is 4.69. The molecule has 1 rings (SSSR count). The SMILES string of the molecule is COCOC1CCN(O)C1. The number of hydrogen-bond donors (Lipinski definition) is 1. The first-order chi connectivity index (χ1) is 4.83. The zero-order valence-electron chi connectivity index (χ0n) is 6.12. The third-order valence-electron chi connectivity index (χ3n) is 1.55. The number of hydrogen-bond acceptors (Lipinski definition) is 4. The van der Waals surface area contributed by atoms with Crippen molar-refractivity contribution < 1.29 is 14.7 Å². The van der Waals surface area contributed by atoms with Gasteiger partial charge in [-0.3, -0.25) is 0 Å². The molecule has 1 aliphatic heterocycles. The molecule has 0 amide bonds. The lowest BCUT2D eigenvalue weighted by atomic mass is 10.3. The molecule has 0 saturated carbocycles. The van der Waals surface area contributed by atoms with Crippen molar-refractivity contribution in [3.63, 3.8) is 0 Å². The van der Waals surface area contributed by atoms with Gasteiger partial charge in [0.2, 0.25) is 0 Å². The minimum absolute atomic E-state index is 0.143. The first-order valence-electron chi connectivity index (χ1n) is 3.37. The fourth-order valence-electron chi connectivity index (χ4n) is 1.01. The summed E-state index contributed by atoms with van der Waals surface area (Å²) in [5.74, 6) is 0. The van der Waals surface area contributed by atoms with Crippen LogP contribution >= 0.6 is 0 Å². The smallest absolute Gasteiger partial charge is 0.146 e. The normalized spacial score (nSPS) is 27.6. The fraction of sp³-hybridized carbons (Fsp3) is 1.00. The molecule has 0 aromatic rings. The molecule has 10 heavy (non-hydrogen) atoms. The van der Waals surface area contributed by atoms with Crippen molar-refractivity contribution in [2.24, 2.45) is 0 Å². The molecule has 4 nitrogen and oxygen atoms in total. The fourth-order valence-corrected chi connectivity index (χ4v) is 1.01. The molecule has 1 atom stereocenters. The van der Waals surface area contributed by atoms with Gasteiger partial charge in [-0.1, -0.05) is 0 Å². The molecule has 1 fully saturated rings. The first kappa shape index (κ1) is 7.94. The summed E-state index contributed by atoms with van der Waals surface area (Å²) in [4.78, 5) is 0. The second kappa shape index (κ2) is 3.88. The second-order valence-electron chi connectivity index (χ2n) is 2.40. The van der Waals surface area contributed by atoms with Gasteiger partial charge in [0, 0.05) is 13.7 Å². The number of rotatable bonds is 3. The maximum atomic E-state index is 8.91. The topological polar surface area (TPSA) is 41.9 Å². The van der Waals surface area contributed by atoms with E-state index in [9.17, 15) is 0 Å². The zero-order chi connectivity index (χ0) is 7.40. The number of nitrogens with zero attached hydrogens (tertiary/aromatic N) is 1. The van der Waals surface area contributed by atoms with Crippen molar-refractivity contribution in [1.29, 1.82) is 0 Å². The molecule has 0 aromatic heterocycles. The Hall–Kier alpha value is -0.160. The maximum Gasteiger partial charge on any atom is 0.146 e. The van der Waals surface area contributed by atoms with E-state index in [0.717, 1.165) is 6.42 Å². The highest BCUT2D eigenvalue weighted by Crippen LogP contribution is 2.09. The van der Waals surface area contributed by atoms with Crippen molar-refractivity contribution >= 4 is 0 Å². The number of methoxy groups -OCH3 is 1. The van der Waals surface area contributed by atoms with Crippen LogP contribution in [0.3, 0.4) is 0 Å². The van der Waals surface area contributed by atoms with E-state index in [4.69, 9.17) is 14.7 Å². The van der Waals surface area contributed by atoms with Gasteiger partial charge in [0.15, 0.2) is 0 Å². The van der Waals surface area contributed by atoms with Crippen LogP contribution in [0.4, 0.5) is 0 Å². The van der Waals surface area contributed by atoms with Gasteiger partial charge >= 0.3 is 0 Å². The molecule has 1 N–H and O–H groups in total. The largest absolute Gasteiger partial charge is 0.359 e. The summed E-state index contributed by atoms with van der Waals surface area (Å²) in [5, 5.41) is 10.2. The summed E-state index contributed by atoms with van der Waals surface area (Å²) in [6.45, 7) is 1.62. The predicted molar refractivity (Wildman–Crippen MR) is 34.7 cm³/mol. The molecule has 0 spiro atoms. The van der Waals surface area contributed by atoms with E-state index in [2.05, 4.69) is 0 Å². The number of hydroxylamine groups is 2. The van der Waals surface area contributed by atoms with Gasteiger partial charge in [-0.05, 0) is 6.42 Å². The summed E-state index contributed by atoms with van der Waals surface area (Å²) in [6, 6.07) is 0. The van der Waals surface area contributed by atoms with Gasteiger partial charge < -0.3 is 14.7 Å². The van der Waals surface area contributed by atoms with Crippen LogP contribution in [0, 0.1) is 0 Å². The zero-order valence-corrected chi connectivity index (χ0v) is 6.12. The van der Waals surface area contributed by atoms with Crippen molar-refractivity contribution in [2.45, 2.75) is 12.5 Å². The third-order valence-corrected chi connectivity index (χ3v) is 1.55. The molecular formula is C6H13NO3. The summed E-state index contributed by atoms with van der Waals surface area (Å²) in [6.07, 6.45) is 1.03. The average molecular weight is 147 g/mol. The molecule has 0 radical (unpaired) electrons. The Kier molecular flexibility index (Phi) is 3.08. The second-order valence-corrected chi connectivity index (χ2v) is 2.40. The lowest BCUT2D eigenvalue weighted by Gasteiger charge is -2.09. The van der Waals surface area contributed by atoms with E-state index in [1.165, 1.54) is 5.06 Å². The van der Waals surface area contributed by atoms with Gasteiger partial charge in [-0.25, -0.2) is 0 Å². The summed E-state index contributed by atoms with van der Waals surface area (Å²) in [7, 11) is 1.59. The van der Waals surface area contributed by atoms with Crippen molar-refractivity contribution in [3.8, 4) is 0 Å². The Bertz CT molecular complexity index is 99.0. The lowest BCUT2D eigenvalue weighted by Crippen LogP contribution is -2.20. The van der Waals surface area contributed by atoms with Gasteiger partial charge in [-0.15, -0.1) is 0 Å². The van der Waals surface area contributed by atoms with Crippen LogP contribution in [-0.2, 0) is 9.47 Å². The molecule has 1 aliphatic rings. The molecule has 60 valence electrons. The van der Waals surface area contributed by atoms with Crippen molar-refractivity contribution in [2.75, 3.05) is 27.0 Å². The van der Waals surface area contributed by atoms with E-state index in [0.29, 0.717) is 19.9 Å². The van der Waals surface area contributed by atoms with Crippen LogP contribution in [0.5, 0.6) is 0 Å². The van der Waals surface area contributed by atoms with Crippen LogP contribution in [0.15, 0.2) is 0 Å². The van der Waals surface area contributed by atoms with Gasteiger partial charge in [0.25, 0.3) is 0 Å². The Morgan fingerprint density at radius 1 is 1.70 bits per heavy atom. The van der Waals surface area contributed by atoms with Gasteiger partial charge in [0.1, 0.15) is 6.79 Å². The Balaban J connectivity index is 2.06. The third kappa shape index (κ3) is 2.22. The Labute approximate surface area is 60.3 Å². The van der Waals surface area contributed by atoms with E-state index < -0.39 is 0 Å². The standard InChI is InChI=1S/C6H13NO3/c1-9-5-10-6-2-3-7(8)4-6/h6,8H,2-5H2,1H3. The quantitative estimate of drug-likeness (QED) is 0.574. The monoisotopic (exact) mass is 147 g/mol. The molecule has 1 heterocycles. The molecule has 0 bridgehead atoms. The van der Waals surface area contributed by atoms with Crippen molar-refractivity contribution in [1.82, 2.24) is 5.06 Å². The molecule has 0 aromatic carbocycles. The Morgan fingerprint density at radius 3 is 3.00 bits per heavy atom. The first-order valence-corrected chi connectivity index (χ1v) is 3.37. The number of ether oxygens (including phenoxy) is 2. The van der Waals surface area contributed by atoms with Gasteiger partial charge in [0.05, 0.1) is 12.6 Å². The highest BCUT2D eigenvalue weighted by atomic mass is 16.7. The average Bonchev–Trinajstić information content (AvgIpc) is 2.31. The molecule has 1 unspecified atom stereocenters. The minimum Gasteiger partial charge on any atom is -0.359 e. The Morgan fingerprint density at radius 2 is 2.50 bits per heavy atom. The highest BCUT2D eigenvalue weighted by Gasteiger charge is 2.20. The van der Waals surface area contributed by atoms with E-state index in [-0.39, 0.29) is 6.10 Å². The van der Waals surface area contributed by atoms with Crippen LogP contribution < -0.4 is 0 Å². The van der Waals surface area contributed by atoms with E-state index in [1.54, 1.807) is 7.11 Å². The van der Waals surface area contributed by atoms with Crippen LogP contribution in [0.1, 0.15) is 6.42 Å². The summed E-state index contributed by atoms with van der Waals surface area (Å²) >= 11 is 0. The van der Waals surface area contributed by atoms with Crippen LogP contribution in [-0.4, -0.2) is 43.4 Å². The van der Waals surface area contributed by atoms with Crippen LogP contribution in [0.2, 0.25) is 0 Å². The maximum absolute atomic E-state index is 8.91. The molecule has 4 heteroatoms. The minimum atomic E-state index is 0.143.